The van der Waals surface area contributed by atoms with E-state index in [4.69, 9.17) is 16.9 Å². The molecule has 0 aliphatic rings. The minimum atomic E-state index is -0.529. The average molecular weight is 221 g/mol. The van der Waals surface area contributed by atoms with Crippen molar-refractivity contribution < 1.29 is 9.53 Å². The van der Waals surface area contributed by atoms with E-state index in [9.17, 15) is 4.79 Å². The molecule has 0 unspecified atom stereocenters. The van der Waals surface area contributed by atoms with Crippen LogP contribution in [0.5, 0.6) is 0 Å². The molecule has 4 nitrogen and oxygen atoms in total. The zero-order valence-corrected chi connectivity index (χ0v) is 8.50. The van der Waals surface area contributed by atoms with Gasteiger partial charge >= 0.3 is 5.97 Å². The van der Waals surface area contributed by atoms with Crippen molar-refractivity contribution in [1.82, 2.24) is 4.98 Å². The van der Waals surface area contributed by atoms with Crippen LogP contribution >= 0.6 is 11.6 Å². The zero-order valence-electron chi connectivity index (χ0n) is 7.74. The largest absolute Gasteiger partial charge is 0.465 e. The molecule has 0 amide bonds. The van der Waals surface area contributed by atoms with E-state index in [0.29, 0.717) is 5.56 Å². The van der Waals surface area contributed by atoms with Crippen LogP contribution < -0.4 is 0 Å². The van der Waals surface area contributed by atoms with Crippen molar-refractivity contribution in [2.45, 2.75) is 0 Å². The van der Waals surface area contributed by atoms with Gasteiger partial charge in [0, 0.05) is 12.1 Å². The third kappa shape index (κ3) is 2.70. The summed E-state index contributed by atoms with van der Waals surface area (Å²) >= 11 is 5.70. The van der Waals surface area contributed by atoms with E-state index in [0.717, 1.165) is 0 Å². The lowest BCUT2D eigenvalue weighted by Gasteiger charge is -1.99. The third-order valence-corrected chi connectivity index (χ3v) is 1.81. The van der Waals surface area contributed by atoms with Gasteiger partial charge in [-0.2, -0.15) is 5.26 Å². The molecular weight excluding hydrogens is 216 g/mol. The molecule has 0 aliphatic carbocycles. The summed E-state index contributed by atoms with van der Waals surface area (Å²) < 4.78 is 4.50. The highest BCUT2D eigenvalue weighted by molar-refractivity contribution is 6.30. The number of carbonyl (C=O) groups is 1. The molecule has 0 aliphatic heterocycles. The summed E-state index contributed by atoms with van der Waals surface area (Å²) in [4.78, 5) is 14.9. The van der Waals surface area contributed by atoms with Gasteiger partial charge in [0.15, 0.2) is 6.07 Å². The highest BCUT2D eigenvalue weighted by atomic mass is 35.5. The predicted octanol–water partition coefficient (Wildman–Crippen LogP) is 1.40. The number of nitriles is 1. The van der Waals surface area contributed by atoms with E-state index in [1.807, 2.05) is 0 Å². The van der Waals surface area contributed by atoms with Gasteiger partial charge in [-0.3, -0.25) is 0 Å². The first-order chi connectivity index (χ1) is 7.19. The topological polar surface area (TPSA) is 63.0 Å². The summed E-state index contributed by atoms with van der Waals surface area (Å²) in [6, 6.07) is 3.06. The molecule has 0 bridgehead atoms. The molecule has 15 heavy (non-hydrogen) atoms. The Bertz CT molecular complexity index is 494. The summed E-state index contributed by atoms with van der Waals surface area (Å²) in [6.07, 6.45) is 1.28. The van der Waals surface area contributed by atoms with Crippen molar-refractivity contribution >= 4 is 17.6 Å². The van der Waals surface area contributed by atoms with Gasteiger partial charge in [-0.25, -0.2) is 9.78 Å². The number of pyridine rings is 1. The highest BCUT2D eigenvalue weighted by Gasteiger charge is 2.08. The van der Waals surface area contributed by atoms with Crippen LogP contribution in [-0.4, -0.2) is 18.1 Å². The first-order valence-electron chi connectivity index (χ1n) is 3.83. The Morgan fingerprint density at radius 3 is 3.00 bits per heavy atom. The molecule has 0 fully saturated rings. The summed E-state index contributed by atoms with van der Waals surface area (Å²) in [5.41, 5.74) is 0.560. The van der Waals surface area contributed by atoms with Gasteiger partial charge in [-0.15, -0.1) is 0 Å². The average Bonchev–Trinajstić information content (AvgIpc) is 2.27. The number of esters is 1. The Balaban J connectivity index is 3.18. The summed E-state index contributed by atoms with van der Waals surface area (Å²) in [5, 5.41) is 8.41. The van der Waals surface area contributed by atoms with Crippen molar-refractivity contribution in [1.29, 1.82) is 5.26 Å². The van der Waals surface area contributed by atoms with Gasteiger partial charge in [0.1, 0.15) is 5.15 Å². The monoisotopic (exact) mass is 220 g/mol. The van der Waals surface area contributed by atoms with Crippen LogP contribution in [0.1, 0.15) is 15.9 Å². The van der Waals surface area contributed by atoms with Crippen LogP contribution in [0, 0.1) is 23.2 Å². The highest BCUT2D eigenvalue weighted by Crippen LogP contribution is 2.13. The van der Waals surface area contributed by atoms with Crippen LogP contribution in [-0.2, 0) is 4.74 Å². The van der Waals surface area contributed by atoms with Gasteiger partial charge in [0.25, 0.3) is 0 Å². The van der Waals surface area contributed by atoms with E-state index in [2.05, 4.69) is 21.6 Å². The first-order valence-corrected chi connectivity index (χ1v) is 4.20. The fourth-order valence-corrected chi connectivity index (χ4v) is 1.01. The molecule has 0 N–H and O–H groups in total. The fourth-order valence-electron chi connectivity index (χ4n) is 0.861. The van der Waals surface area contributed by atoms with Crippen molar-refractivity contribution in [3.05, 3.63) is 28.5 Å². The molecule has 1 heterocycles. The van der Waals surface area contributed by atoms with Gasteiger partial charge in [0.2, 0.25) is 0 Å². The number of ether oxygens (including phenoxy) is 1. The second kappa shape index (κ2) is 4.99. The number of halogens is 1. The molecule has 0 radical (unpaired) electrons. The van der Waals surface area contributed by atoms with E-state index in [1.54, 1.807) is 6.07 Å². The zero-order chi connectivity index (χ0) is 11.3. The Morgan fingerprint density at radius 2 is 2.40 bits per heavy atom. The number of hydrogen-bond acceptors (Lipinski definition) is 4. The number of rotatable bonds is 1. The predicted molar refractivity (Wildman–Crippen MR) is 53.1 cm³/mol. The van der Waals surface area contributed by atoms with Crippen molar-refractivity contribution in [3.63, 3.8) is 0 Å². The Kier molecular flexibility index (Phi) is 3.68. The van der Waals surface area contributed by atoms with Crippen LogP contribution in [0.3, 0.4) is 0 Å². The second-order valence-electron chi connectivity index (χ2n) is 2.42. The van der Waals surface area contributed by atoms with Gasteiger partial charge in [-0.1, -0.05) is 11.6 Å². The Hall–Kier alpha value is -2.04. The van der Waals surface area contributed by atoms with Crippen LogP contribution in [0.15, 0.2) is 12.3 Å². The molecule has 1 rings (SSSR count). The number of hydrogen-bond donors (Lipinski definition) is 0. The number of methoxy groups -OCH3 is 1. The minimum Gasteiger partial charge on any atom is -0.465 e. The lowest BCUT2D eigenvalue weighted by molar-refractivity contribution is 0.0600. The van der Waals surface area contributed by atoms with E-state index in [-0.39, 0.29) is 10.7 Å². The SMILES string of the molecule is COC(=O)c1cnc(Cl)c(C#CC#N)c1. The smallest absolute Gasteiger partial charge is 0.339 e. The molecule has 0 aromatic carbocycles. The number of aromatic nitrogens is 1. The molecule has 0 atom stereocenters. The fraction of sp³-hybridized carbons (Fsp3) is 0.100. The van der Waals surface area contributed by atoms with Crippen LogP contribution in [0.2, 0.25) is 5.15 Å². The van der Waals surface area contributed by atoms with Crippen molar-refractivity contribution in [3.8, 4) is 17.9 Å². The van der Waals surface area contributed by atoms with E-state index < -0.39 is 5.97 Å². The summed E-state index contributed by atoms with van der Waals surface area (Å²) in [6.45, 7) is 0. The molecular formula is C10H5ClN2O2. The molecule has 0 spiro atoms. The Labute approximate surface area is 91.4 Å². The molecule has 0 saturated carbocycles. The van der Waals surface area contributed by atoms with Gasteiger partial charge in [0.05, 0.1) is 18.2 Å². The van der Waals surface area contributed by atoms with E-state index in [1.165, 1.54) is 19.4 Å². The van der Waals surface area contributed by atoms with Crippen LogP contribution in [0.25, 0.3) is 0 Å². The standard InChI is InChI=1S/C10H5ClN2O2/c1-15-10(14)8-5-7(3-2-4-12)9(11)13-6-8/h5-6H,1H3. The summed E-state index contributed by atoms with van der Waals surface area (Å²) in [5.74, 6) is 4.11. The van der Waals surface area contributed by atoms with Crippen molar-refractivity contribution in [2.24, 2.45) is 0 Å². The summed E-state index contributed by atoms with van der Waals surface area (Å²) in [7, 11) is 1.26. The molecule has 0 saturated heterocycles. The van der Waals surface area contributed by atoms with Crippen LogP contribution in [0.4, 0.5) is 0 Å². The lowest BCUT2D eigenvalue weighted by Crippen LogP contribution is -2.02. The van der Waals surface area contributed by atoms with E-state index >= 15 is 0 Å². The molecule has 5 heteroatoms. The lowest BCUT2D eigenvalue weighted by atomic mass is 10.2. The van der Waals surface area contributed by atoms with Crippen molar-refractivity contribution in [2.75, 3.05) is 7.11 Å². The molecule has 74 valence electrons. The molecule has 1 aromatic rings. The number of nitrogens with zero attached hydrogens (tertiary/aromatic N) is 2. The second-order valence-corrected chi connectivity index (χ2v) is 2.77. The minimum absolute atomic E-state index is 0.144. The maximum absolute atomic E-state index is 11.1. The maximum Gasteiger partial charge on any atom is 0.339 e. The number of carbonyl (C=O) groups excluding carboxylic acids is 1. The first kappa shape index (κ1) is 11.0. The maximum atomic E-state index is 11.1. The normalized spacial score (nSPS) is 8.33. The Morgan fingerprint density at radius 1 is 1.67 bits per heavy atom. The third-order valence-electron chi connectivity index (χ3n) is 1.51. The molecule has 1 aromatic heterocycles. The quantitative estimate of drug-likeness (QED) is 0.408. The van der Waals surface area contributed by atoms with Gasteiger partial charge < -0.3 is 4.74 Å². The van der Waals surface area contributed by atoms with Gasteiger partial charge in [-0.05, 0) is 12.0 Å².